The first-order valence-electron chi connectivity index (χ1n) is 11.8. The Morgan fingerprint density at radius 2 is 1.63 bits per heavy atom. The van der Waals surface area contributed by atoms with E-state index >= 15 is 0 Å². The van der Waals surface area contributed by atoms with Gasteiger partial charge in [0.05, 0.1) is 11.9 Å². The molecule has 2 aromatic carbocycles. The van der Waals surface area contributed by atoms with Crippen LogP contribution in [0.25, 0.3) is 22.6 Å². The van der Waals surface area contributed by atoms with E-state index in [4.69, 9.17) is 9.26 Å². The zero-order chi connectivity index (χ0) is 26.3. The Morgan fingerprint density at radius 3 is 2.32 bits per heavy atom. The van der Waals surface area contributed by atoms with Crippen molar-refractivity contribution in [3.8, 4) is 34.2 Å². The Kier molecular flexibility index (Phi) is 5.60. The molecule has 2 aliphatic heterocycles. The van der Waals surface area contributed by atoms with Crippen molar-refractivity contribution in [2.75, 3.05) is 11.4 Å². The molecule has 10 nitrogen and oxygen atoms in total. The van der Waals surface area contributed by atoms with Crippen molar-refractivity contribution in [1.29, 1.82) is 0 Å². The van der Waals surface area contributed by atoms with Crippen molar-refractivity contribution in [1.82, 2.24) is 20.8 Å². The number of imide groups is 2. The Hall–Kier alpha value is -5.06. The maximum absolute atomic E-state index is 13.2. The third kappa shape index (κ3) is 4.03. The predicted octanol–water partition coefficient (Wildman–Crippen LogP) is 4.04. The number of carbonyl (C=O) groups is 3. The van der Waals surface area contributed by atoms with E-state index in [0.29, 0.717) is 48.2 Å². The molecule has 6 rings (SSSR count). The van der Waals surface area contributed by atoms with Crippen LogP contribution in [0.2, 0.25) is 0 Å². The zero-order valence-electron chi connectivity index (χ0n) is 19.8. The number of halogens is 1. The lowest BCUT2D eigenvalue weighted by atomic mass is 9.92. The largest absolute Gasteiger partial charge is 0.439 e. The Bertz CT molecular complexity index is 1510. The van der Waals surface area contributed by atoms with Gasteiger partial charge in [0.1, 0.15) is 17.3 Å². The normalized spacial score (nSPS) is 16.4. The molecule has 0 bridgehead atoms. The number of hydrogen-bond acceptors (Lipinski definition) is 8. The number of hydrogen-bond donors (Lipinski definition) is 2. The van der Waals surface area contributed by atoms with Crippen molar-refractivity contribution < 1.29 is 28.0 Å². The van der Waals surface area contributed by atoms with E-state index in [2.05, 4.69) is 20.8 Å². The van der Waals surface area contributed by atoms with Crippen LogP contribution >= 0.6 is 0 Å². The molecule has 0 atom stereocenters. The third-order valence-electron chi connectivity index (χ3n) is 6.63. The van der Waals surface area contributed by atoms with Gasteiger partial charge in [0.15, 0.2) is 11.3 Å². The molecule has 4 heterocycles. The van der Waals surface area contributed by atoms with Crippen LogP contribution in [0.5, 0.6) is 11.6 Å². The van der Waals surface area contributed by atoms with Crippen LogP contribution in [0.15, 0.2) is 77.4 Å². The maximum Gasteiger partial charge on any atom is 0.328 e. The van der Waals surface area contributed by atoms with Crippen molar-refractivity contribution >= 4 is 23.5 Å². The van der Waals surface area contributed by atoms with E-state index in [-0.39, 0.29) is 5.82 Å². The molecule has 4 aromatic rings. The van der Waals surface area contributed by atoms with Crippen LogP contribution in [-0.2, 0) is 9.59 Å². The molecule has 2 saturated heterocycles. The Labute approximate surface area is 215 Å². The number of barbiturate groups is 1. The van der Waals surface area contributed by atoms with Gasteiger partial charge in [-0.1, -0.05) is 5.16 Å². The number of amides is 4. The second-order valence-electron chi connectivity index (χ2n) is 8.92. The highest BCUT2D eigenvalue weighted by Crippen LogP contribution is 2.36. The highest BCUT2D eigenvalue weighted by atomic mass is 19.1. The summed E-state index contributed by atoms with van der Waals surface area (Å²) in [6, 6.07) is 17.5. The molecule has 0 unspecified atom stereocenters. The van der Waals surface area contributed by atoms with Crippen molar-refractivity contribution in [2.24, 2.45) is 0 Å². The lowest BCUT2D eigenvalue weighted by Gasteiger charge is -2.38. The monoisotopic (exact) mass is 513 g/mol. The smallest absolute Gasteiger partial charge is 0.328 e. The molecule has 11 heteroatoms. The van der Waals surface area contributed by atoms with Crippen LogP contribution < -0.4 is 20.3 Å². The molecular weight excluding hydrogens is 493 g/mol. The zero-order valence-corrected chi connectivity index (χ0v) is 19.8. The highest BCUT2D eigenvalue weighted by molar-refractivity contribution is 6.24. The minimum absolute atomic E-state index is 0.291. The van der Waals surface area contributed by atoms with Crippen molar-refractivity contribution in [3.05, 3.63) is 78.7 Å². The number of urea groups is 1. The fourth-order valence-corrected chi connectivity index (χ4v) is 4.76. The average molecular weight is 513 g/mol. The predicted molar refractivity (Wildman–Crippen MR) is 133 cm³/mol. The number of aromatic nitrogens is 2. The van der Waals surface area contributed by atoms with Crippen molar-refractivity contribution in [3.63, 3.8) is 0 Å². The molecule has 190 valence electrons. The van der Waals surface area contributed by atoms with Crippen LogP contribution in [-0.4, -0.2) is 40.1 Å². The number of benzene rings is 2. The number of anilines is 1. The van der Waals surface area contributed by atoms with Gasteiger partial charge in [-0.2, -0.15) is 0 Å². The van der Waals surface area contributed by atoms with E-state index in [0.717, 1.165) is 11.1 Å². The lowest BCUT2D eigenvalue weighted by Crippen LogP contribution is -2.71. The summed E-state index contributed by atoms with van der Waals surface area (Å²) in [5, 5.41) is 8.45. The summed E-state index contributed by atoms with van der Waals surface area (Å²) in [6.07, 6.45) is 2.43. The summed E-state index contributed by atoms with van der Waals surface area (Å²) in [5.41, 5.74) is 1.20. The van der Waals surface area contributed by atoms with Gasteiger partial charge in [-0.15, -0.1) is 0 Å². The second-order valence-corrected chi connectivity index (χ2v) is 8.92. The molecule has 2 N–H and O–H groups in total. The molecule has 0 aliphatic carbocycles. The SMILES string of the molecule is O=C1NC(=O)C2(CCCN2c2ccc(Oc3ccc(-c4cc(-c5ccc(F)cc5)no4)cc3)nc2)C(=O)N1. The molecule has 0 radical (unpaired) electrons. The summed E-state index contributed by atoms with van der Waals surface area (Å²) in [7, 11) is 0. The van der Waals surface area contributed by atoms with E-state index in [9.17, 15) is 18.8 Å². The van der Waals surface area contributed by atoms with E-state index in [1.807, 2.05) is 12.1 Å². The number of ether oxygens (including phenoxy) is 1. The fourth-order valence-electron chi connectivity index (χ4n) is 4.76. The first-order chi connectivity index (χ1) is 18.4. The second kappa shape index (κ2) is 9.11. The maximum atomic E-state index is 13.2. The fraction of sp³-hybridized carbons (Fsp3) is 0.148. The molecule has 38 heavy (non-hydrogen) atoms. The standard InChI is InChI=1S/C27H20FN5O5/c28-18-6-2-16(3-7-18)21-14-22(38-32-21)17-4-9-20(10-5-17)37-23-11-8-19(15-29-23)33-13-1-12-27(33)24(34)30-26(36)31-25(27)35/h2-11,14-15H,1,12-13H2,(H2,30,31,34,35,36). The van der Waals surface area contributed by atoms with E-state index in [1.165, 1.54) is 18.3 Å². The van der Waals surface area contributed by atoms with Crippen LogP contribution in [0.1, 0.15) is 12.8 Å². The first kappa shape index (κ1) is 23.3. The average Bonchev–Trinajstić information content (AvgIpc) is 3.58. The summed E-state index contributed by atoms with van der Waals surface area (Å²) < 4.78 is 24.5. The van der Waals surface area contributed by atoms with Gasteiger partial charge in [0.25, 0.3) is 11.8 Å². The van der Waals surface area contributed by atoms with Crippen molar-refractivity contribution in [2.45, 2.75) is 18.4 Å². The number of pyridine rings is 1. The van der Waals surface area contributed by atoms with Gasteiger partial charge >= 0.3 is 6.03 Å². The minimum Gasteiger partial charge on any atom is -0.439 e. The summed E-state index contributed by atoms with van der Waals surface area (Å²) in [4.78, 5) is 42.8. The molecule has 2 aromatic heterocycles. The Morgan fingerprint density at radius 1 is 0.921 bits per heavy atom. The molecule has 2 fully saturated rings. The van der Waals surface area contributed by atoms with Crippen LogP contribution in [0.4, 0.5) is 14.9 Å². The summed E-state index contributed by atoms with van der Waals surface area (Å²) >= 11 is 0. The van der Waals surface area contributed by atoms with Gasteiger partial charge in [-0.25, -0.2) is 14.2 Å². The van der Waals surface area contributed by atoms with Gasteiger partial charge < -0.3 is 14.2 Å². The van der Waals surface area contributed by atoms with Gasteiger partial charge in [0, 0.05) is 29.8 Å². The topological polar surface area (TPSA) is 127 Å². The molecule has 2 aliphatic rings. The quantitative estimate of drug-likeness (QED) is 0.383. The first-order valence-corrected chi connectivity index (χ1v) is 11.8. The Balaban J connectivity index is 1.15. The number of rotatable bonds is 5. The van der Waals surface area contributed by atoms with Gasteiger partial charge in [0.2, 0.25) is 5.88 Å². The van der Waals surface area contributed by atoms with Gasteiger partial charge in [-0.05, 0) is 67.4 Å². The number of carbonyl (C=O) groups excluding carboxylic acids is 3. The molecule has 4 amide bonds. The number of nitrogens with zero attached hydrogens (tertiary/aromatic N) is 3. The van der Waals surface area contributed by atoms with Crippen LogP contribution in [0, 0.1) is 5.82 Å². The van der Waals surface area contributed by atoms with E-state index < -0.39 is 23.4 Å². The van der Waals surface area contributed by atoms with E-state index in [1.54, 1.807) is 47.4 Å². The molecule has 0 saturated carbocycles. The summed E-state index contributed by atoms with van der Waals surface area (Å²) in [5.74, 6) is -0.189. The highest BCUT2D eigenvalue weighted by Gasteiger charge is 2.57. The number of nitrogens with one attached hydrogen (secondary N) is 2. The molecular formula is C27H20FN5O5. The lowest BCUT2D eigenvalue weighted by molar-refractivity contribution is -0.137. The minimum atomic E-state index is -1.48. The molecule has 1 spiro atoms. The van der Waals surface area contributed by atoms with Gasteiger partial charge in [-0.3, -0.25) is 20.2 Å². The summed E-state index contributed by atoms with van der Waals surface area (Å²) in [6.45, 7) is 0.461. The van der Waals surface area contributed by atoms with Crippen LogP contribution in [0.3, 0.4) is 0 Å². The third-order valence-corrected chi connectivity index (χ3v) is 6.63.